The third-order valence-electron chi connectivity index (χ3n) is 2.98. The van der Waals surface area contributed by atoms with Crippen molar-refractivity contribution in [3.05, 3.63) is 23.8 Å². The molecule has 4 heteroatoms. The van der Waals surface area contributed by atoms with E-state index in [-0.39, 0.29) is 0 Å². The quantitative estimate of drug-likeness (QED) is 0.710. The molecule has 0 saturated heterocycles. The number of hydrogen-bond donors (Lipinski definition) is 1. The third kappa shape index (κ3) is 5.25. The lowest BCUT2D eigenvalue weighted by molar-refractivity contribution is 0.268. The van der Waals surface area contributed by atoms with E-state index in [2.05, 4.69) is 37.6 Å². The maximum atomic E-state index is 5.84. The Morgan fingerprint density at radius 1 is 1.10 bits per heavy atom. The Bertz CT molecular complexity index is 385. The Morgan fingerprint density at radius 3 is 2.30 bits per heavy atom. The fourth-order valence-electron chi connectivity index (χ4n) is 1.91. The van der Waals surface area contributed by atoms with Crippen LogP contribution in [0.15, 0.2) is 18.2 Å². The molecule has 0 saturated carbocycles. The summed E-state index contributed by atoms with van der Waals surface area (Å²) in [5.74, 6) is 2.75. The highest BCUT2D eigenvalue weighted by Gasteiger charge is 2.13. The minimum absolute atomic E-state index is 0.342. The lowest BCUT2D eigenvalue weighted by Gasteiger charge is -2.18. The van der Waals surface area contributed by atoms with E-state index in [0.29, 0.717) is 6.04 Å². The lowest BCUT2D eigenvalue weighted by atomic mass is 10.1. The topological polar surface area (TPSA) is 30.5 Å². The molecule has 0 heterocycles. The van der Waals surface area contributed by atoms with E-state index in [0.717, 1.165) is 43.3 Å². The number of hydrogen-bond acceptors (Lipinski definition) is 4. The van der Waals surface area contributed by atoms with E-state index in [1.807, 2.05) is 24.9 Å². The van der Waals surface area contributed by atoms with Crippen LogP contribution in [0.3, 0.4) is 0 Å². The molecule has 1 unspecified atom stereocenters. The van der Waals surface area contributed by atoms with Crippen molar-refractivity contribution in [3.8, 4) is 11.5 Å². The lowest BCUT2D eigenvalue weighted by Crippen LogP contribution is -2.18. The second-order valence-electron chi connectivity index (χ2n) is 4.70. The second-order valence-corrected chi connectivity index (χ2v) is 5.61. The van der Waals surface area contributed by atoms with Crippen molar-refractivity contribution in [2.45, 2.75) is 32.7 Å². The van der Waals surface area contributed by atoms with Gasteiger partial charge in [0.1, 0.15) is 0 Å². The first-order chi connectivity index (χ1) is 9.76. The standard InChI is InChI=1S/C16H27NO2S/c1-5-9-18-15-8-7-13(14(17-3)12-20-4)11-16(15)19-10-6-2/h7-8,11,14,17H,5-6,9-10,12H2,1-4H3. The molecule has 114 valence electrons. The minimum Gasteiger partial charge on any atom is -0.490 e. The Hall–Kier alpha value is -0.870. The number of ether oxygens (including phenoxy) is 2. The van der Waals surface area contributed by atoms with Crippen molar-refractivity contribution in [2.24, 2.45) is 0 Å². The third-order valence-corrected chi connectivity index (χ3v) is 3.64. The first-order valence-corrected chi connectivity index (χ1v) is 8.71. The van der Waals surface area contributed by atoms with E-state index in [1.165, 1.54) is 5.56 Å². The van der Waals surface area contributed by atoms with Crippen LogP contribution in [0.5, 0.6) is 11.5 Å². The van der Waals surface area contributed by atoms with Crippen LogP contribution in [-0.4, -0.2) is 32.3 Å². The van der Waals surface area contributed by atoms with Gasteiger partial charge in [-0.1, -0.05) is 19.9 Å². The molecule has 1 aromatic rings. The summed E-state index contributed by atoms with van der Waals surface area (Å²) in [4.78, 5) is 0. The molecule has 0 spiro atoms. The van der Waals surface area contributed by atoms with Crippen molar-refractivity contribution in [2.75, 3.05) is 32.3 Å². The monoisotopic (exact) mass is 297 g/mol. The predicted molar refractivity (Wildman–Crippen MR) is 88.2 cm³/mol. The molecule has 0 aliphatic rings. The molecule has 1 aromatic carbocycles. The molecule has 0 aliphatic heterocycles. The summed E-state index contributed by atoms with van der Waals surface area (Å²) >= 11 is 1.84. The van der Waals surface area contributed by atoms with Gasteiger partial charge in [0.15, 0.2) is 11.5 Å². The van der Waals surface area contributed by atoms with Crippen LogP contribution in [0.2, 0.25) is 0 Å². The van der Waals surface area contributed by atoms with Crippen molar-refractivity contribution >= 4 is 11.8 Å². The summed E-state index contributed by atoms with van der Waals surface area (Å²) in [6.07, 6.45) is 4.12. The Kier molecular flexibility index (Phi) is 8.54. The van der Waals surface area contributed by atoms with E-state index in [4.69, 9.17) is 9.47 Å². The summed E-state index contributed by atoms with van der Waals surface area (Å²) in [5.41, 5.74) is 1.25. The van der Waals surface area contributed by atoms with Gasteiger partial charge in [0.2, 0.25) is 0 Å². The molecule has 0 aliphatic carbocycles. The first kappa shape index (κ1) is 17.2. The summed E-state index contributed by atoms with van der Waals surface area (Å²) in [5, 5.41) is 3.35. The SMILES string of the molecule is CCCOc1ccc(C(CSC)NC)cc1OCCC. The second kappa shape index (κ2) is 9.94. The van der Waals surface area contributed by atoms with Crippen molar-refractivity contribution in [1.29, 1.82) is 0 Å². The summed E-state index contributed by atoms with van der Waals surface area (Å²) in [7, 11) is 1.99. The van der Waals surface area contributed by atoms with Gasteiger partial charge in [-0.2, -0.15) is 11.8 Å². The van der Waals surface area contributed by atoms with Crippen LogP contribution in [0, 0.1) is 0 Å². The summed E-state index contributed by atoms with van der Waals surface area (Å²) < 4.78 is 11.6. The highest BCUT2D eigenvalue weighted by molar-refractivity contribution is 7.98. The van der Waals surface area contributed by atoms with Gasteiger partial charge in [-0.3, -0.25) is 0 Å². The average molecular weight is 297 g/mol. The van der Waals surface area contributed by atoms with Gasteiger partial charge in [0, 0.05) is 11.8 Å². The molecular weight excluding hydrogens is 270 g/mol. The van der Waals surface area contributed by atoms with Crippen LogP contribution in [0.25, 0.3) is 0 Å². The molecule has 1 rings (SSSR count). The molecule has 20 heavy (non-hydrogen) atoms. The van der Waals surface area contributed by atoms with Crippen LogP contribution in [0.1, 0.15) is 38.3 Å². The number of nitrogens with one attached hydrogen (secondary N) is 1. The van der Waals surface area contributed by atoms with Crippen LogP contribution >= 0.6 is 11.8 Å². The fourth-order valence-corrected chi connectivity index (χ4v) is 2.60. The highest BCUT2D eigenvalue weighted by Crippen LogP contribution is 2.31. The fraction of sp³-hybridized carbons (Fsp3) is 0.625. The van der Waals surface area contributed by atoms with Gasteiger partial charge in [-0.25, -0.2) is 0 Å². The Balaban J connectivity index is 2.92. The van der Waals surface area contributed by atoms with Gasteiger partial charge in [-0.05, 0) is 43.8 Å². The number of benzene rings is 1. The maximum Gasteiger partial charge on any atom is 0.161 e. The van der Waals surface area contributed by atoms with Crippen molar-refractivity contribution < 1.29 is 9.47 Å². The Labute approximate surface area is 127 Å². The Morgan fingerprint density at radius 2 is 1.75 bits per heavy atom. The normalized spacial score (nSPS) is 12.2. The van der Waals surface area contributed by atoms with Gasteiger partial charge >= 0.3 is 0 Å². The zero-order chi connectivity index (χ0) is 14.8. The predicted octanol–water partition coefficient (Wildman–Crippen LogP) is 3.89. The maximum absolute atomic E-state index is 5.84. The van der Waals surface area contributed by atoms with Gasteiger partial charge in [0.25, 0.3) is 0 Å². The molecule has 1 N–H and O–H groups in total. The molecular formula is C16H27NO2S. The largest absolute Gasteiger partial charge is 0.490 e. The van der Waals surface area contributed by atoms with E-state index < -0.39 is 0 Å². The van der Waals surface area contributed by atoms with Crippen molar-refractivity contribution in [1.82, 2.24) is 5.32 Å². The van der Waals surface area contributed by atoms with E-state index >= 15 is 0 Å². The van der Waals surface area contributed by atoms with Crippen LogP contribution in [0.4, 0.5) is 0 Å². The zero-order valence-electron chi connectivity index (χ0n) is 13.1. The molecule has 1 atom stereocenters. The zero-order valence-corrected chi connectivity index (χ0v) is 13.9. The molecule has 0 amide bonds. The average Bonchev–Trinajstić information content (AvgIpc) is 2.49. The van der Waals surface area contributed by atoms with Gasteiger partial charge in [-0.15, -0.1) is 0 Å². The number of rotatable bonds is 10. The van der Waals surface area contributed by atoms with Crippen LogP contribution < -0.4 is 14.8 Å². The smallest absolute Gasteiger partial charge is 0.161 e. The first-order valence-electron chi connectivity index (χ1n) is 7.32. The van der Waals surface area contributed by atoms with Crippen LogP contribution in [-0.2, 0) is 0 Å². The molecule has 3 nitrogen and oxygen atoms in total. The minimum atomic E-state index is 0.342. The van der Waals surface area contributed by atoms with Gasteiger partial charge < -0.3 is 14.8 Å². The molecule has 0 aromatic heterocycles. The van der Waals surface area contributed by atoms with E-state index in [9.17, 15) is 0 Å². The van der Waals surface area contributed by atoms with Crippen molar-refractivity contribution in [3.63, 3.8) is 0 Å². The summed E-state index contributed by atoms with van der Waals surface area (Å²) in [6, 6.07) is 6.61. The number of thioether (sulfide) groups is 1. The molecule has 0 fully saturated rings. The highest BCUT2D eigenvalue weighted by atomic mass is 32.2. The summed E-state index contributed by atoms with van der Waals surface area (Å²) in [6.45, 7) is 5.66. The van der Waals surface area contributed by atoms with E-state index in [1.54, 1.807) is 0 Å². The van der Waals surface area contributed by atoms with Gasteiger partial charge in [0.05, 0.1) is 13.2 Å². The molecule has 0 radical (unpaired) electrons. The molecule has 0 bridgehead atoms.